The van der Waals surface area contributed by atoms with E-state index in [-0.39, 0.29) is 40.2 Å². The van der Waals surface area contributed by atoms with E-state index in [1.165, 1.54) is 50.1 Å². The zero-order valence-electron chi connectivity index (χ0n) is 42.9. The highest BCUT2D eigenvalue weighted by Gasteiger charge is 2.45. The van der Waals surface area contributed by atoms with Gasteiger partial charge in [0.1, 0.15) is 11.4 Å². The highest BCUT2D eigenvalue weighted by molar-refractivity contribution is 6.45. The largest absolute Gasteiger partial charge is 0.335 e. The van der Waals surface area contributed by atoms with E-state index in [2.05, 4.69) is 112 Å². The lowest BCUT2D eigenvalue weighted by atomic mass is 9.70. The summed E-state index contributed by atoms with van der Waals surface area (Å²) in [6.07, 6.45) is 20.4. The van der Waals surface area contributed by atoms with Crippen LogP contribution in [0.15, 0.2) is 89.2 Å². The van der Waals surface area contributed by atoms with Crippen LogP contribution in [0.4, 0.5) is 0 Å². The number of hydrogen-bond donors (Lipinski definition) is 0. The van der Waals surface area contributed by atoms with E-state index < -0.39 is 11.9 Å². The second kappa shape index (κ2) is 25.4. The van der Waals surface area contributed by atoms with Crippen LogP contribution < -0.4 is 0 Å². The summed E-state index contributed by atoms with van der Waals surface area (Å²) in [5, 5.41) is 8.01. The van der Waals surface area contributed by atoms with Gasteiger partial charge < -0.3 is 9.68 Å². The van der Waals surface area contributed by atoms with Crippen molar-refractivity contribution in [3.8, 4) is 22.3 Å². The van der Waals surface area contributed by atoms with Crippen molar-refractivity contribution < 1.29 is 28.9 Å². The van der Waals surface area contributed by atoms with Gasteiger partial charge in [-0.05, 0) is 127 Å². The molecule has 0 aromatic heterocycles. The topological polar surface area (TPSA) is 111 Å². The van der Waals surface area contributed by atoms with Gasteiger partial charge >= 0.3 is 11.9 Å². The van der Waals surface area contributed by atoms with Crippen LogP contribution in [0.3, 0.4) is 0 Å². The monoisotopic (exact) mass is 935 g/mol. The van der Waals surface area contributed by atoms with E-state index in [4.69, 9.17) is 9.68 Å². The number of Topliss-reactive ketones (excluding diaryl/α,β-unsaturated/α-hetero) is 2. The molecule has 6 rings (SSSR count). The number of carbonyl (C=O) groups excluding carboxylic acids is 4. The SMILES string of the molecule is CCCCCCC(=O)O/N=C(/C)C(=O)c1ccc2c(c1)C(CCCC)(CCCC)c1cccc(CCCCC3(CCCC)c4ccccc4-c4ccc(C(=O)/C(C)=N\OC(=O)CCCCC)cc43)c1-2. The molecule has 1 atom stereocenters. The zero-order chi connectivity index (χ0) is 49.4. The van der Waals surface area contributed by atoms with E-state index >= 15 is 0 Å². The average molecular weight is 935 g/mol. The van der Waals surface area contributed by atoms with Crippen LogP contribution in [0.25, 0.3) is 22.3 Å². The molecule has 0 N–H and O–H groups in total. The lowest BCUT2D eigenvalue weighted by Gasteiger charge is -2.33. The molecule has 0 fully saturated rings. The van der Waals surface area contributed by atoms with Gasteiger partial charge in [-0.3, -0.25) is 9.59 Å². The third kappa shape index (κ3) is 12.1. The summed E-state index contributed by atoms with van der Waals surface area (Å²) in [6.45, 7) is 14.2. The maximum absolute atomic E-state index is 14.0. The third-order valence-electron chi connectivity index (χ3n) is 14.9. The molecule has 0 radical (unpaired) electrons. The minimum absolute atomic E-state index is 0.164. The van der Waals surface area contributed by atoms with E-state index in [0.29, 0.717) is 17.5 Å². The van der Waals surface area contributed by atoms with Crippen molar-refractivity contribution in [3.05, 3.63) is 118 Å². The number of aryl methyl sites for hydroxylation is 1. The van der Waals surface area contributed by atoms with Crippen LogP contribution in [0.5, 0.6) is 0 Å². The molecule has 0 spiro atoms. The molecule has 0 aliphatic heterocycles. The van der Waals surface area contributed by atoms with Crippen molar-refractivity contribution in [3.63, 3.8) is 0 Å². The molecule has 8 heteroatoms. The van der Waals surface area contributed by atoms with E-state index in [1.807, 2.05) is 12.1 Å². The van der Waals surface area contributed by atoms with Gasteiger partial charge in [0.05, 0.1) is 0 Å². The van der Waals surface area contributed by atoms with Gasteiger partial charge in [-0.2, -0.15) is 0 Å². The first-order chi connectivity index (χ1) is 33.5. The van der Waals surface area contributed by atoms with Crippen molar-refractivity contribution in [2.24, 2.45) is 10.3 Å². The van der Waals surface area contributed by atoms with Crippen LogP contribution in [0.1, 0.15) is 232 Å². The highest BCUT2D eigenvalue weighted by atomic mass is 16.7. The standard InChI is InChI=1S/C61H78N2O6/c1-8-13-18-20-32-56(65)69-63-44(7)59(67)47-34-36-50-54(42-47)61(38-16-11-4,39-17-12-5)52-30-25-27-45(57(50)52)26-23-24-40-60(37-15-10-3)51-29-22-21-28-48(51)49-35-33-46(41-53(49)60)58(66)43(6)62-68-55(64)31-19-14-9-2/h21-22,25,27-30,33-36,41-42H,8-20,23-24,26,31-32,37-40H2,1-7H3/b62-43-,63-44-. The molecule has 0 heterocycles. The van der Waals surface area contributed by atoms with Gasteiger partial charge in [0.25, 0.3) is 0 Å². The molecule has 69 heavy (non-hydrogen) atoms. The number of rotatable bonds is 29. The van der Waals surface area contributed by atoms with Crippen molar-refractivity contribution in [1.82, 2.24) is 0 Å². The number of unbranched alkanes of at least 4 members (excludes halogenated alkanes) is 9. The molecule has 2 aliphatic rings. The van der Waals surface area contributed by atoms with E-state index in [9.17, 15) is 19.2 Å². The lowest BCUT2D eigenvalue weighted by molar-refractivity contribution is -0.144. The van der Waals surface area contributed by atoms with Gasteiger partial charge in [0.15, 0.2) is 0 Å². The normalized spacial score (nSPS) is 15.6. The van der Waals surface area contributed by atoms with Gasteiger partial charge in [-0.25, -0.2) is 9.59 Å². The number of nitrogens with zero attached hydrogens (tertiary/aromatic N) is 2. The van der Waals surface area contributed by atoms with Crippen molar-refractivity contribution >= 4 is 34.9 Å². The molecule has 0 saturated carbocycles. The van der Waals surface area contributed by atoms with E-state index in [0.717, 1.165) is 128 Å². The van der Waals surface area contributed by atoms with Crippen LogP contribution in [0.2, 0.25) is 0 Å². The van der Waals surface area contributed by atoms with Gasteiger partial charge in [0, 0.05) is 34.8 Å². The van der Waals surface area contributed by atoms with Gasteiger partial charge in [-0.1, -0.05) is 189 Å². The summed E-state index contributed by atoms with van der Waals surface area (Å²) < 4.78 is 0. The summed E-state index contributed by atoms with van der Waals surface area (Å²) in [6, 6.07) is 28.0. The number of fused-ring (bicyclic) bond motifs is 6. The Bertz CT molecular complexity index is 2490. The Morgan fingerprint density at radius 1 is 0.449 bits per heavy atom. The molecule has 1 unspecified atom stereocenters. The van der Waals surface area contributed by atoms with Crippen LogP contribution in [-0.4, -0.2) is 34.9 Å². The molecule has 0 amide bonds. The fourth-order valence-electron chi connectivity index (χ4n) is 11.1. The quantitative estimate of drug-likeness (QED) is 0.0176. The minimum Gasteiger partial charge on any atom is -0.318 e. The number of benzene rings is 4. The molecular formula is C61H78N2O6. The van der Waals surface area contributed by atoms with Crippen molar-refractivity contribution in [1.29, 1.82) is 0 Å². The Morgan fingerprint density at radius 3 is 1.49 bits per heavy atom. The number of hydrogen-bond acceptors (Lipinski definition) is 8. The predicted octanol–water partition coefficient (Wildman–Crippen LogP) is 16.0. The second-order valence-electron chi connectivity index (χ2n) is 19.8. The Kier molecular flexibility index (Phi) is 19.4. The first-order valence-corrected chi connectivity index (χ1v) is 26.6. The molecule has 2 aliphatic carbocycles. The first kappa shape index (κ1) is 52.9. The molecule has 0 bridgehead atoms. The number of carbonyl (C=O) groups is 4. The molecular weight excluding hydrogens is 857 g/mol. The van der Waals surface area contributed by atoms with Crippen molar-refractivity contribution in [2.45, 2.75) is 201 Å². The molecule has 0 saturated heterocycles. The smallest absolute Gasteiger partial charge is 0.318 e. The molecule has 368 valence electrons. The summed E-state index contributed by atoms with van der Waals surface area (Å²) >= 11 is 0. The molecule has 8 nitrogen and oxygen atoms in total. The summed E-state index contributed by atoms with van der Waals surface area (Å²) in [4.78, 5) is 63.0. The minimum atomic E-state index is -0.414. The summed E-state index contributed by atoms with van der Waals surface area (Å²) in [7, 11) is 0. The van der Waals surface area contributed by atoms with Gasteiger partial charge in [0.2, 0.25) is 11.6 Å². The fraction of sp³-hybridized carbons (Fsp3) is 0.508. The highest BCUT2D eigenvalue weighted by Crippen LogP contribution is 2.57. The van der Waals surface area contributed by atoms with Crippen LogP contribution in [0, 0.1) is 0 Å². The maximum atomic E-state index is 14.0. The first-order valence-electron chi connectivity index (χ1n) is 26.6. The second-order valence-corrected chi connectivity index (χ2v) is 19.8. The van der Waals surface area contributed by atoms with Gasteiger partial charge in [-0.15, -0.1) is 0 Å². The Hall–Kier alpha value is -5.50. The van der Waals surface area contributed by atoms with Crippen molar-refractivity contribution in [2.75, 3.05) is 0 Å². The predicted molar refractivity (Wildman–Crippen MR) is 281 cm³/mol. The Balaban J connectivity index is 1.28. The maximum Gasteiger partial charge on any atom is 0.335 e. The summed E-state index contributed by atoms with van der Waals surface area (Å²) in [5.74, 6) is -1.28. The number of oxime groups is 2. The molecule has 4 aromatic carbocycles. The molecule has 4 aromatic rings. The zero-order valence-corrected chi connectivity index (χ0v) is 42.9. The third-order valence-corrected chi connectivity index (χ3v) is 14.9. The Labute approximate surface area is 413 Å². The Morgan fingerprint density at radius 2 is 0.913 bits per heavy atom. The fourth-order valence-corrected chi connectivity index (χ4v) is 11.1. The number of ketones is 2. The van der Waals surface area contributed by atoms with Crippen LogP contribution >= 0.6 is 0 Å². The summed E-state index contributed by atoms with van der Waals surface area (Å²) in [5.41, 5.74) is 12.4. The average Bonchev–Trinajstić information content (AvgIpc) is 3.81. The lowest BCUT2D eigenvalue weighted by Crippen LogP contribution is -2.26. The van der Waals surface area contributed by atoms with E-state index in [1.54, 1.807) is 13.8 Å². The van der Waals surface area contributed by atoms with Crippen LogP contribution in [-0.2, 0) is 36.5 Å².